The van der Waals surface area contributed by atoms with Crippen molar-refractivity contribution in [2.75, 3.05) is 39.3 Å². The number of rotatable bonds is 26. The zero-order valence-electron chi connectivity index (χ0n) is 38.9. The van der Waals surface area contributed by atoms with E-state index in [4.69, 9.17) is 5.73 Å². The van der Waals surface area contributed by atoms with Crippen LogP contribution < -0.4 is 48.3 Å². The van der Waals surface area contributed by atoms with E-state index in [9.17, 15) is 57.8 Å². The van der Waals surface area contributed by atoms with Crippen molar-refractivity contribution in [3.63, 3.8) is 0 Å². The fraction of sp³-hybridized carbons (Fsp3) is 0.738. The minimum atomic E-state index is -1.57. The Hall–Kier alpha value is -5.71. The molecule has 2 heterocycles. The quantitative estimate of drug-likeness (QED) is 0.0399. The van der Waals surface area contributed by atoms with Crippen molar-refractivity contribution in [3.05, 3.63) is 0 Å². The van der Waals surface area contributed by atoms with Crippen LogP contribution in [-0.4, -0.2) is 167 Å². The number of aliphatic hydroxyl groups is 1. The number of likely N-dealkylation sites (N-methyl/N-ethyl adjacent to an activating group) is 1. The Morgan fingerprint density at radius 2 is 1.38 bits per heavy atom. The smallest absolute Gasteiger partial charge is 0.245 e. The highest BCUT2D eigenvalue weighted by atomic mass is 16.3. The third kappa shape index (κ3) is 18.4. The molecule has 8 atom stereocenters. The molecule has 10 amide bonds. The number of primary amides is 1. The summed E-state index contributed by atoms with van der Waals surface area (Å²) < 4.78 is 0. The van der Waals surface area contributed by atoms with Crippen LogP contribution in [0.3, 0.4) is 0 Å². The van der Waals surface area contributed by atoms with Crippen LogP contribution in [0.15, 0.2) is 0 Å². The number of carbonyl (C=O) groups excluding carboxylic acids is 11. The van der Waals surface area contributed by atoms with Crippen molar-refractivity contribution in [2.24, 2.45) is 17.6 Å². The van der Waals surface area contributed by atoms with Crippen LogP contribution in [0.1, 0.15) is 100 Å². The Morgan fingerprint density at radius 1 is 0.769 bits per heavy atom. The summed E-state index contributed by atoms with van der Waals surface area (Å²) in [5.41, 5.74) is 5.28. The van der Waals surface area contributed by atoms with E-state index in [2.05, 4.69) is 42.5 Å². The van der Waals surface area contributed by atoms with Crippen LogP contribution in [0.4, 0.5) is 0 Å². The summed E-state index contributed by atoms with van der Waals surface area (Å²) in [6.45, 7) is 13.7. The monoisotopic (exact) mass is 922 g/mol. The minimum absolute atomic E-state index is 0.117. The number of Topliss-reactive ketones (excluding diaryl/α,β-unsaturated/α-hetero) is 1. The molecule has 0 aromatic rings. The van der Waals surface area contributed by atoms with Gasteiger partial charge in [-0.1, -0.05) is 27.7 Å². The number of hydrogen-bond donors (Lipinski definition) is 10. The summed E-state index contributed by atoms with van der Waals surface area (Å²) in [4.78, 5) is 146. The van der Waals surface area contributed by atoms with Gasteiger partial charge in [0, 0.05) is 39.0 Å². The Kier molecular flexibility index (Phi) is 23.0. The van der Waals surface area contributed by atoms with E-state index >= 15 is 0 Å². The highest BCUT2D eigenvalue weighted by molar-refractivity contribution is 5.99. The summed E-state index contributed by atoms with van der Waals surface area (Å²) in [6, 6.07) is -8.02. The molecule has 2 aliphatic heterocycles. The molecule has 11 N–H and O–H groups in total. The number of aliphatic hydroxyl groups excluding tert-OH is 1. The summed E-state index contributed by atoms with van der Waals surface area (Å²) in [5.74, 6) is -8.17. The second-order valence-corrected chi connectivity index (χ2v) is 17.3. The second-order valence-electron chi connectivity index (χ2n) is 17.3. The summed E-state index contributed by atoms with van der Waals surface area (Å²) in [5, 5.41) is 29.9. The molecule has 2 fully saturated rings. The van der Waals surface area contributed by atoms with Crippen LogP contribution in [0, 0.1) is 11.8 Å². The molecule has 0 aromatic heterocycles. The third-order valence-electron chi connectivity index (χ3n) is 11.0. The topological polar surface area (TPSA) is 337 Å². The molecule has 2 aliphatic rings. The van der Waals surface area contributed by atoms with Crippen molar-refractivity contribution >= 4 is 64.9 Å². The SMILES string of the molecule is CCN(CC)C(=O)[C@@H]1CCCN1C(=O)CNC(=O)[C@H](C)NC(=O)[C@H](CC(C)C)NC(=O)[C@@H](NC(=O)[C@H](CC(C)=O)NC(=O)[C@H](CCC(N)=O)NC(=O)CNC(=O)[C@@H]1C[C@@H](O)CN1)C(C)C. The zero-order chi connectivity index (χ0) is 49.1. The van der Waals surface area contributed by atoms with E-state index in [1.165, 1.54) is 18.7 Å². The number of nitrogens with one attached hydrogen (secondary N) is 8. The van der Waals surface area contributed by atoms with Gasteiger partial charge in [0.2, 0.25) is 59.1 Å². The first-order chi connectivity index (χ1) is 30.5. The molecule has 366 valence electrons. The van der Waals surface area contributed by atoms with Crippen molar-refractivity contribution in [1.29, 1.82) is 0 Å². The molecule has 0 spiro atoms. The van der Waals surface area contributed by atoms with Crippen LogP contribution in [0.5, 0.6) is 0 Å². The maximum atomic E-state index is 13.8. The molecular formula is C42H71N11O12. The van der Waals surface area contributed by atoms with Crippen LogP contribution in [0.2, 0.25) is 0 Å². The van der Waals surface area contributed by atoms with Crippen LogP contribution >= 0.6 is 0 Å². The standard InChI is InChI=1S/C42H71N11O12/c1-9-52(10-2)42(65)31-12-11-15-53(31)34(58)21-46-36(59)25(8)47-39(62)29(16-22(3)4)50-41(64)35(23(5)6)51-40(63)30(17-24(7)54)49-38(61)27(13-14-32(43)56)48-33(57)20-45-37(60)28-18-26(55)19-44-28/h22-23,25-31,35,44,55H,9-21H2,1-8H3,(H2,43,56)(H,45,60)(H,46,59)(H,47,62)(H,48,57)(H,49,61)(H,50,64)(H,51,63)/t25-,26+,27-,28-,29-,30-,31-,35-/m0/s1. The molecule has 0 radical (unpaired) electrons. The fourth-order valence-electron chi connectivity index (χ4n) is 7.40. The predicted molar refractivity (Wildman–Crippen MR) is 234 cm³/mol. The average molecular weight is 922 g/mol. The zero-order valence-corrected chi connectivity index (χ0v) is 38.9. The van der Waals surface area contributed by atoms with Gasteiger partial charge in [-0.25, -0.2) is 0 Å². The fourth-order valence-corrected chi connectivity index (χ4v) is 7.40. The molecule has 0 aromatic carbocycles. The van der Waals surface area contributed by atoms with Gasteiger partial charge in [-0.3, -0.25) is 52.7 Å². The van der Waals surface area contributed by atoms with Gasteiger partial charge in [-0.15, -0.1) is 0 Å². The molecule has 0 aliphatic carbocycles. The Bertz CT molecular complexity index is 1740. The molecule has 65 heavy (non-hydrogen) atoms. The number of nitrogens with two attached hydrogens (primary N) is 1. The van der Waals surface area contributed by atoms with E-state index in [0.717, 1.165) is 0 Å². The highest BCUT2D eigenvalue weighted by Crippen LogP contribution is 2.20. The maximum Gasteiger partial charge on any atom is 0.245 e. The number of carbonyl (C=O) groups is 11. The Balaban J connectivity index is 2.12. The van der Waals surface area contributed by atoms with E-state index in [1.54, 1.807) is 32.6 Å². The summed E-state index contributed by atoms with van der Waals surface area (Å²) in [7, 11) is 0. The van der Waals surface area contributed by atoms with Crippen molar-refractivity contribution in [2.45, 2.75) is 149 Å². The lowest BCUT2D eigenvalue weighted by Gasteiger charge is -2.29. The van der Waals surface area contributed by atoms with Gasteiger partial charge in [0.05, 0.1) is 25.2 Å². The van der Waals surface area contributed by atoms with Crippen LogP contribution in [0.25, 0.3) is 0 Å². The van der Waals surface area contributed by atoms with Gasteiger partial charge >= 0.3 is 0 Å². The minimum Gasteiger partial charge on any atom is -0.392 e. The van der Waals surface area contributed by atoms with Crippen molar-refractivity contribution in [1.82, 2.24) is 52.3 Å². The maximum absolute atomic E-state index is 13.8. The molecule has 0 unspecified atom stereocenters. The van der Waals surface area contributed by atoms with E-state index < -0.39 is 133 Å². The van der Waals surface area contributed by atoms with Gasteiger partial charge in [-0.2, -0.15) is 0 Å². The highest BCUT2D eigenvalue weighted by Gasteiger charge is 2.37. The molecule has 0 saturated carbocycles. The first-order valence-electron chi connectivity index (χ1n) is 22.3. The van der Waals surface area contributed by atoms with Gasteiger partial charge in [-0.05, 0) is 71.6 Å². The number of ketones is 1. The molecule has 2 rings (SSSR count). The van der Waals surface area contributed by atoms with Gasteiger partial charge in [0.15, 0.2) is 0 Å². The predicted octanol–water partition coefficient (Wildman–Crippen LogP) is -3.81. The lowest BCUT2D eigenvalue weighted by Crippen LogP contribution is -2.60. The molecular weight excluding hydrogens is 851 g/mol. The van der Waals surface area contributed by atoms with E-state index in [1.807, 2.05) is 13.8 Å². The number of amides is 10. The molecule has 23 heteroatoms. The number of β-amino-alcohol motifs (C(OH)–C–C–N with tert-alkyl or cyclic N) is 1. The van der Waals surface area contributed by atoms with Crippen molar-refractivity contribution in [3.8, 4) is 0 Å². The van der Waals surface area contributed by atoms with Gasteiger partial charge in [0.25, 0.3) is 0 Å². The summed E-state index contributed by atoms with van der Waals surface area (Å²) >= 11 is 0. The van der Waals surface area contributed by atoms with Crippen LogP contribution in [-0.2, 0) is 52.7 Å². The first kappa shape index (κ1) is 55.4. The first-order valence-corrected chi connectivity index (χ1v) is 22.3. The third-order valence-corrected chi connectivity index (χ3v) is 11.0. The van der Waals surface area contributed by atoms with E-state index in [0.29, 0.717) is 32.5 Å². The Labute approximate surface area is 380 Å². The Morgan fingerprint density at radius 3 is 1.94 bits per heavy atom. The van der Waals surface area contributed by atoms with Gasteiger partial charge in [0.1, 0.15) is 42.0 Å². The van der Waals surface area contributed by atoms with Crippen molar-refractivity contribution < 1.29 is 57.8 Å². The normalized spacial score (nSPS) is 19.2. The number of nitrogens with zero attached hydrogens (tertiary/aromatic N) is 2. The lowest BCUT2D eigenvalue weighted by molar-refractivity contribution is -0.143. The van der Waals surface area contributed by atoms with Gasteiger partial charge < -0.3 is 63.2 Å². The number of likely N-dealkylation sites (tertiary alicyclic amines) is 1. The summed E-state index contributed by atoms with van der Waals surface area (Å²) in [6.07, 6.45) is -0.519. The lowest BCUT2D eigenvalue weighted by atomic mass is 9.99. The molecule has 2 saturated heterocycles. The average Bonchev–Trinajstić information content (AvgIpc) is 3.91. The molecule has 23 nitrogen and oxygen atoms in total. The van der Waals surface area contributed by atoms with E-state index in [-0.39, 0.29) is 44.1 Å². The molecule has 0 bridgehead atoms. The largest absolute Gasteiger partial charge is 0.392 e. The number of hydrogen-bond acceptors (Lipinski definition) is 13. The second kappa shape index (κ2) is 26.9.